The maximum Gasteiger partial charge on any atom is 0.335 e. The van der Waals surface area contributed by atoms with Gasteiger partial charge >= 0.3 is 11.7 Å². The first-order chi connectivity index (χ1) is 20.7. The monoisotopic (exact) mass is 646 g/mol. The lowest BCUT2D eigenvalue weighted by atomic mass is 9.94. The fourth-order valence-electron chi connectivity index (χ4n) is 5.76. The zero-order valence-electron chi connectivity index (χ0n) is 25.1. The van der Waals surface area contributed by atoms with Crippen molar-refractivity contribution in [2.75, 3.05) is 19.9 Å². The smallest absolute Gasteiger partial charge is 0.335 e. The summed E-state index contributed by atoms with van der Waals surface area (Å²) < 4.78 is 46.5. The van der Waals surface area contributed by atoms with Crippen molar-refractivity contribution < 1.29 is 32.2 Å². The molecule has 0 saturated carbocycles. The number of benzene rings is 1. The topological polar surface area (TPSA) is 163 Å². The number of hydrogen-bond acceptors (Lipinski definition) is 10. The average Bonchev–Trinajstić information content (AvgIpc) is 3.60. The lowest BCUT2D eigenvalue weighted by molar-refractivity contribution is -0.146. The second-order valence-electron chi connectivity index (χ2n) is 11.2. The van der Waals surface area contributed by atoms with Crippen molar-refractivity contribution in [1.29, 1.82) is 0 Å². The number of nitrogens with zero attached hydrogens (tertiary/aromatic N) is 4. The van der Waals surface area contributed by atoms with Crippen molar-refractivity contribution in [2.45, 2.75) is 64.4 Å². The van der Waals surface area contributed by atoms with Crippen LogP contribution in [0, 0.1) is 6.92 Å². The van der Waals surface area contributed by atoms with Crippen LogP contribution in [-0.4, -0.2) is 63.9 Å². The van der Waals surface area contributed by atoms with Gasteiger partial charge in [0, 0.05) is 12.1 Å². The number of aromatic nitrogens is 3. The number of oxazole rings is 1. The molecular weight excluding hydrogens is 612 g/mol. The summed E-state index contributed by atoms with van der Waals surface area (Å²) in [5.74, 6) is -0.564. The van der Waals surface area contributed by atoms with Crippen molar-refractivity contribution in [2.24, 2.45) is 0 Å². The molecule has 3 unspecified atom stereocenters. The molecule has 0 bridgehead atoms. The minimum Gasteiger partial charge on any atom is -0.496 e. The number of rotatable bonds is 9. The SMILES string of the molecule is COc1ccccc1C1CC(OC(C)n2c(=O)n(C(C)(C)C(=O)O)c(=O)c3c(C)c(-c4ncco4)sc32)CCN1S(C)(=O)=O. The number of piperidine rings is 1. The van der Waals surface area contributed by atoms with E-state index in [0.717, 1.165) is 22.2 Å². The highest BCUT2D eigenvalue weighted by atomic mass is 32.2. The molecule has 3 aromatic heterocycles. The van der Waals surface area contributed by atoms with Gasteiger partial charge in [-0.05, 0) is 52.2 Å². The molecule has 0 spiro atoms. The summed E-state index contributed by atoms with van der Waals surface area (Å²) in [6.45, 7) is 6.08. The summed E-state index contributed by atoms with van der Waals surface area (Å²) >= 11 is 1.12. The van der Waals surface area contributed by atoms with Crippen LogP contribution < -0.4 is 16.0 Å². The fourth-order valence-corrected chi connectivity index (χ4v) is 8.16. The van der Waals surface area contributed by atoms with Gasteiger partial charge in [-0.2, -0.15) is 4.31 Å². The van der Waals surface area contributed by atoms with Crippen molar-refractivity contribution in [3.05, 3.63) is 68.7 Å². The van der Waals surface area contributed by atoms with E-state index in [0.29, 0.717) is 28.2 Å². The van der Waals surface area contributed by atoms with Crippen LogP contribution >= 0.6 is 11.3 Å². The lowest BCUT2D eigenvalue weighted by Gasteiger charge is -2.39. The van der Waals surface area contributed by atoms with E-state index in [1.807, 2.05) is 6.07 Å². The average molecular weight is 647 g/mol. The Bertz CT molecular complexity index is 1940. The molecule has 1 aliphatic heterocycles. The van der Waals surface area contributed by atoms with Gasteiger partial charge in [0.1, 0.15) is 28.6 Å². The van der Waals surface area contributed by atoms with Crippen LogP contribution in [0.3, 0.4) is 0 Å². The third-order valence-corrected chi connectivity index (χ3v) is 10.6. The van der Waals surface area contributed by atoms with Crippen LogP contribution in [0.2, 0.25) is 0 Å². The Morgan fingerprint density at radius 1 is 1.25 bits per heavy atom. The molecule has 4 heterocycles. The van der Waals surface area contributed by atoms with Gasteiger partial charge in [-0.15, -0.1) is 11.3 Å². The zero-order chi connectivity index (χ0) is 32.1. The number of ether oxygens (including phenoxy) is 2. The van der Waals surface area contributed by atoms with Crippen LogP contribution in [0.5, 0.6) is 5.75 Å². The highest BCUT2D eigenvalue weighted by Gasteiger charge is 2.39. The van der Waals surface area contributed by atoms with Crippen molar-refractivity contribution >= 4 is 37.5 Å². The van der Waals surface area contributed by atoms with Gasteiger partial charge in [0.25, 0.3) is 5.56 Å². The quantitative estimate of drug-likeness (QED) is 0.284. The Balaban J connectivity index is 1.62. The van der Waals surface area contributed by atoms with Crippen molar-refractivity contribution in [1.82, 2.24) is 18.4 Å². The molecule has 1 saturated heterocycles. The predicted molar refractivity (Wildman–Crippen MR) is 164 cm³/mol. The molecule has 0 radical (unpaired) electrons. The number of aliphatic carboxylic acids is 1. The Labute approximate surface area is 257 Å². The summed E-state index contributed by atoms with van der Waals surface area (Å²) in [7, 11) is -2.07. The number of aryl methyl sites for hydroxylation is 1. The number of thiophene rings is 1. The third kappa shape index (κ3) is 5.38. The highest BCUT2D eigenvalue weighted by molar-refractivity contribution is 7.88. The molecule has 5 rings (SSSR count). The van der Waals surface area contributed by atoms with E-state index in [1.165, 1.54) is 42.3 Å². The standard InChI is InChI=1S/C29H34N4O9S2/c1-16-22-25(34)33(29(3,4)27(35)36)28(37)32(26(22)43-23(16)24-30-12-14-41-24)17(2)42-18-11-13-31(44(6,38)39)20(15-18)19-9-7-8-10-21(19)40-5/h7-10,12,14,17-18,20H,11,13,15H2,1-6H3,(H,35,36). The van der Waals surface area contributed by atoms with Crippen LogP contribution in [0.4, 0.5) is 0 Å². The Hall–Kier alpha value is -3.79. The fraction of sp³-hybridized carbons (Fsp3) is 0.448. The van der Waals surface area contributed by atoms with E-state index in [-0.39, 0.29) is 29.1 Å². The number of sulfonamides is 1. The first-order valence-corrected chi connectivity index (χ1v) is 16.5. The van der Waals surface area contributed by atoms with E-state index >= 15 is 0 Å². The summed E-state index contributed by atoms with van der Waals surface area (Å²) in [5, 5.41) is 10.1. The highest BCUT2D eigenvalue weighted by Crippen LogP contribution is 2.40. The molecule has 13 nitrogen and oxygen atoms in total. The first-order valence-electron chi connectivity index (χ1n) is 13.9. The lowest BCUT2D eigenvalue weighted by Crippen LogP contribution is -2.53. The molecule has 1 aliphatic rings. The van der Waals surface area contributed by atoms with Gasteiger partial charge in [-0.3, -0.25) is 9.36 Å². The van der Waals surface area contributed by atoms with E-state index in [1.54, 1.807) is 32.0 Å². The van der Waals surface area contributed by atoms with Crippen LogP contribution in [0.15, 0.2) is 50.7 Å². The summed E-state index contributed by atoms with van der Waals surface area (Å²) in [4.78, 5) is 45.1. The molecule has 1 N–H and O–H groups in total. The second-order valence-corrected chi connectivity index (χ2v) is 14.2. The van der Waals surface area contributed by atoms with E-state index in [2.05, 4.69) is 4.98 Å². The van der Waals surface area contributed by atoms with Crippen LogP contribution in [0.25, 0.3) is 21.0 Å². The summed E-state index contributed by atoms with van der Waals surface area (Å²) in [5.41, 5.74) is -2.30. The molecular formula is C29H34N4O9S2. The largest absolute Gasteiger partial charge is 0.496 e. The van der Waals surface area contributed by atoms with Gasteiger partial charge in [-0.25, -0.2) is 27.6 Å². The third-order valence-electron chi connectivity index (χ3n) is 8.05. The van der Waals surface area contributed by atoms with Gasteiger partial charge in [0.2, 0.25) is 15.9 Å². The molecule has 15 heteroatoms. The first kappa shape index (κ1) is 31.6. The van der Waals surface area contributed by atoms with E-state index in [4.69, 9.17) is 13.9 Å². The Morgan fingerprint density at radius 3 is 2.57 bits per heavy atom. The van der Waals surface area contributed by atoms with Gasteiger partial charge in [0.05, 0.1) is 42.0 Å². The number of hydrogen-bond donors (Lipinski definition) is 1. The molecule has 236 valence electrons. The summed E-state index contributed by atoms with van der Waals surface area (Å²) in [6.07, 6.45) is 3.15. The number of carboxylic acid groups (broad SMARTS) is 1. The molecule has 3 atom stereocenters. The van der Waals surface area contributed by atoms with Gasteiger partial charge in [-0.1, -0.05) is 18.2 Å². The number of carboxylic acids is 1. The Morgan fingerprint density at radius 2 is 1.95 bits per heavy atom. The number of carbonyl (C=O) groups is 1. The van der Waals surface area contributed by atoms with Gasteiger partial charge < -0.3 is 19.0 Å². The van der Waals surface area contributed by atoms with E-state index < -0.39 is 51.2 Å². The number of methoxy groups -OCH3 is 1. The maximum atomic E-state index is 14.0. The Kier molecular flexibility index (Phi) is 8.35. The maximum absolute atomic E-state index is 14.0. The summed E-state index contributed by atoms with van der Waals surface area (Å²) in [6, 6.07) is 6.58. The molecule has 0 amide bonds. The van der Waals surface area contributed by atoms with Crippen LogP contribution in [0.1, 0.15) is 57.0 Å². The molecule has 0 aliphatic carbocycles. The molecule has 1 aromatic carbocycles. The van der Waals surface area contributed by atoms with Gasteiger partial charge in [0.15, 0.2) is 0 Å². The molecule has 4 aromatic rings. The normalized spacial score (nSPS) is 18.9. The number of fused-ring (bicyclic) bond motifs is 1. The van der Waals surface area contributed by atoms with E-state index in [9.17, 15) is 27.9 Å². The van der Waals surface area contributed by atoms with Crippen molar-refractivity contribution in [3.8, 4) is 16.5 Å². The molecule has 1 fully saturated rings. The van der Waals surface area contributed by atoms with Crippen LogP contribution in [-0.2, 0) is 25.1 Å². The minimum absolute atomic E-state index is 0.159. The zero-order valence-corrected chi connectivity index (χ0v) is 26.8. The van der Waals surface area contributed by atoms with Crippen molar-refractivity contribution in [3.63, 3.8) is 0 Å². The molecule has 44 heavy (non-hydrogen) atoms. The predicted octanol–water partition coefficient (Wildman–Crippen LogP) is 3.72. The number of para-hydroxylation sites is 1. The second kappa shape index (κ2) is 11.6. The minimum atomic E-state index is -3.59.